The van der Waals surface area contributed by atoms with Crippen molar-refractivity contribution in [2.75, 3.05) is 20.3 Å². The Bertz CT molecular complexity index is 629. The highest BCUT2D eigenvalue weighted by Crippen LogP contribution is 2.21. The number of methoxy groups -OCH3 is 1. The Morgan fingerprint density at radius 2 is 1.73 bits per heavy atom. The van der Waals surface area contributed by atoms with Crippen molar-refractivity contribution in [1.29, 1.82) is 0 Å². The number of benzene rings is 2. The Hall–Kier alpha value is -2.40. The van der Waals surface area contributed by atoms with Crippen LogP contribution in [0.25, 0.3) is 0 Å². The minimum absolute atomic E-state index is 0.347. The molecule has 0 saturated heterocycles. The van der Waals surface area contributed by atoms with Crippen LogP contribution in [0.5, 0.6) is 17.2 Å². The van der Waals surface area contributed by atoms with Crippen molar-refractivity contribution >= 4 is 17.8 Å². The predicted molar refractivity (Wildman–Crippen MR) is 84.8 cm³/mol. The Kier molecular flexibility index (Phi) is 5.91. The van der Waals surface area contributed by atoms with E-state index in [1.54, 1.807) is 25.3 Å². The molecule has 0 fully saturated rings. The first-order valence-electron chi connectivity index (χ1n) is 6.59. The zero-order valence-electron chi connectivity index (χ0n) is 12.0. The predicted octanol–water partition coefficient (Wildman–Crippen LogP) is 3.61. The second kappa shape index (κ2) is 8.14. The van der Waals surface area contributed by atoms with Gasteiger partial charge in [0.25, 0.3) is 0 Å². The molecule has 0 aliphatic carbocycles. The molecule has 22 heavy (non-hydrogen) atoms. The van der Waals surface area contributed by atoms with E-state index in [-0.39, 0.29) is 0 Å². The second-order valence-corrected chi connectivity index (χ2v) is 4.74. The maximum atomic E-state index is 8.63. The fraction of sp³-hybridized carbons (Fsp3) is 0.188. The molecule has 0 radical (unpaired) electrons. The highest BCUT2D eigenvalue weighted by Gasteiger charge is 2.03. The summed E-state index contributed by atoms with van der Waals surface area (Å²) in [6.45, 7) is 0.727. The molecule has 0 aromatic heterocycles. The molecule has 0 unspecified atom stereocenters. The standard InChI is InChI=1S/C16H16ClNO4/c1-20-14-3-5-15(6-4-14)21-8-9-22-16-7-2-13(17)10-12(16)11-18-19/h2-7,10-11,19H,8-9H2,1H3/b18-11+. The van der Waals surface area contributed by atoms with Crippen LogP contribution in [0.2, 0.25) is 5.02 Å². The molecular weight excluding hydrogens is 306 g/mol. The first-order valence-corrected chi connectivity index (χ1v) is 6.97. The summed E-state index contributed by atoms with van der Waals surface area (Å²) in [5.74, 6) is 2.08. The molecule has 0 saturated carbocycles. The third-order valence-electron chi connectivity index (χ3n) is 2.84. The number of ether oxygens (including phenoxy) is 3. The van der Waals surface area contributed by atoms with Crippen molar-refractivity contribution in [2.24, 2.45) is 5.16 Å². The van der Waals surface area contributed by atoms with Gasteiger partial charge in [0.2, 0.25) is 0 Å². The van der Waals surface area contributed by atoms with Gasteiger partial charge in [-0.25, -0.2) is 0 Å². The molecule has 0 atom stereocenters. The molecular formula is C16H16ClNO4. The summed E-state index contributed by atoms with van der Waals surface area (Å²) in [6.07, 6.45) is 1.27. The van der Waals surface area contributed by atoms with Gasteiger partial charge in [-0.05, 0) is 42.5 Å². The van der Waals surface area contributed by atoms with Crippen LogP contribution in [-0.4, -0.2) is 31.7 Å². The van der Waals surface area contributed by atoms with Crippen molar-refractivity contribution in [3.63, 3.8) is 0 Å². The molecule has 0 bridgehead atoms. The third-order valence-corrected chi connectivity index (χ3v) is 3.07. The van der Waals surface area contributed by atoms with E-state index < -0.39 is 0 Å². The van der Waals surface area contributed by atoms with E-state index in [2.05, 4.69) is 5.16 Å². The summed E-state index contributed by atoms with van der Waals surface area (Å²) < 4.78 is 16.2. The average Bonchev–Trinajstić information content (AvgIpc) is 2.54. The van der Waals surface area contributed by atoms with E-state index in [0.29, 0.717) is 29.5 Å². The van der Waals surface area contributed by atoms with Gasteiger partial charge in [-0.2, -0.15) is 0 Å². The van der Waals surface area contributed by atoms with Crippen molar-refractivity contribution < 1.29 is 19.4 Å². The monoisotopic (exact) mass is 321 g/mol. The number of halogens is 1. The summed E-state index contributed by atoms with van der Waals surface area (Å²) in [5, 5.41) is 12.2. The number of rotatable bonds is 7. The number of oxime groups is 1. The second-order valence-electron chi connectivity index (χ2n) is 4.30. The largest absolute Gasteiger partial charge is 0.497 e. The molecule has 2 aromatic rings. The fourth-order valence-electron chi connectivity index (χ4n) is 1.80. The number of hydrogen-bond donors (Lipinski definition) is 1. The Balaban J connectivity index is 1.85. The first-order chi connectivity index (χ1) is 10.7. The Morgan fingerprint density at radius 1 is 1.05 bits per heavy atom. The average molecular weight is 322 g/mol. The van der Waals surface area contributed by atoms with Crippen LogP contribution in [0.4, 0.5) is 0 Å². The molecule has 2 rings (SSSR count). The zero-order chi connectivity index (χ0) is 15.8. The van der Waals surface area contributed by atoms with Gasteiger partial charge in [0.05, 0.1) is 13.3 Å². The van der Waals surface area contributed by atoms with Gasteiger partial charge in [0, 0.05) is 10.6 Å². The van der Waals surface area contributed by atoms with E-state index in [4.69, 9.17) is 31.0 Å². The van der Waals surface area contributed by atoms with Crippen molar-refractivity contribution in [1.82, 2.24) is 0 Å². The lowest BCUT2D eigenvalue weighted by Gasteiger charge is -2.10. The summed E-state index contributed by atoms with van der Waals surface area (Å²) in [5.41, 5.74) is 0.597. The lowest BCUT2D eigenvalue weighted by molar-refractivity contribution is 0.217. The van der Waals surface area contributed by atoms with E-state index in [1.807, 2.05) is 24.3 Å². The van der Waals surface area contributed by atoms with E-state index in [1.165, 1.54) is 6.21 Å². The van der Waals surface area contributed by atoms with Crippen LogP contribution in [-0.2, 0) is 0 Å². The molecule has 116 valence electrons. The summed E-state index contributed by atoms with van der Waals surface area (Å²) in [4.78, 5) is 0. The van der Waals surface area contributed by atoms with Crippen molar-refractivity contribution in [3.8, 4) is 17.2 Å². The third kappa shape index (κ3) is 4.56. The summed E-state index contributed by atoms with van der Waals surface area (Å²) in [6, 6.07) is 12.4. The van der Waals surface area contributed by atoms with Gasteiger partial charge in [0.1, 0.15) is 30.5 Å². The molecule has 2 aromatic carbocycles. The molecule has 1 N–H and O–H groups in total. The van der Waals surface area contributed by atoms with Crippen molar-refractivity contribution in [3.05, 3.63) is 53.1 Å². The van der Waals surface area contributed by atoms with Crippen LogP contribution in [0.1, 0.15) is 5.56 Å². The van der Waals surface area contributed by atoms with Crippen LogP contribution < -0.4 is 14.2 Å². The van der Waals surface area contributed by atoms with Gasteiger partial charge in [-0.3, -0.25) is 0 Å². The van der Waals surface area contributed by atoms with Crippen LogP contribution in [0, 0.1) is 0 Å². The van der Waals surface area contributed by atoms with Gasteiger partial charge in [-0.1, -0.05) is 16.8 Å². The van der Waals surface area contributed by atoms with Gasteiger partial charge in [-0.15, -0.1) is 0 Å². The summed E-state index contributed by atoms with van der Waals surface area (Å²) in [7, 11) is 1.61. The van der Waals surface area contributed by atoms with Gasteiger partial charge < -0.3 is 19.4 Å². The minimum atomic E-state index is 0.347. The Labute approximate surface area is 133 Å². The topological polar surface area (TPSA) is 60.3 Å². The smallest absolute Gasteiger partial charge is 0.128 e. The Morgan fingerprint density at radius 3 is 2.41 bits per heavy atom. The molecule has 0 aliphatic heterocycles. The molecule has 5 nitrogen and oxygen atoms in total. The van der Waals surface area contributed by atoms with Crippen LogP contribution in [0.15, 0.2) is 47.6 Å². The number of nitrogens with zero attached hydrogens (tertiary/aromatic N) is 1. The quantitative estimate of drug-likeness (QED) is 0.366. The molecule has 0 spiro atoms. The van der Waals surface area contributed by atoms with E-state index in [9.17, 15) is 0 Å². The number of hydrogen-bond acceptors (Lipinski definition) is 5. The van der Waals surface area contributed by atoms with E-state index >= 15 is 0 Å². The summed E-state index contributed by atoms with van der Waals surface area (Å²) >= 11 is 5.88. The maximum absolute atomic E-state index is 8.63. The fourth-order valence-corrected chi connectivity index (χ4v) is 1.98. The van der Waals surface area contributed by atoms with Gasteiger partial charge in [0.15, 0.2) is 0 Å². The molecule has 0 aliphatic rings. The zero-order valence-corrected chi connectivity index (χ0v) is 12.8. The van der Waals surface area contributed by atoms with Crippen molar-refractivity contribution in [2.45, 2.75) is 0 Å². The SMILES string of the molecule is COc1ccc(OCCOc2ccc(Cl)cc2/C=N/O)cc1. The lowest BCUT2D eigenvalue weighted by Crippen LogP contribution is -2.10. The molecule has 0 heterocycles. The van der Waals surface area contributed by atoms with E-state index in [0.717, 1.165) is 11.5 Å². The molecule has 6 heteroatoms. The van der Waals surface area contributed by atoms with Crippen LogP contribution >= 0.6 is 11.6 Å². The lowest BCUT2D eigenvalue weighted by atomic mass is 10.2. The highest BCUT2D eigenvalue weighted by atomic mass is 35.5. The normalized spacial score (nSPS) is 10.6. The van der Waals surface area contributed by atoms with Gasteiger partial charge >= 0.3 is 0 Å². The van der Waals surface area contributed by atoms with Crippen LogP contribution in [0.3, 0.4) is 0 Å². The highest BCUT2D eigenvalue weighted by molar-refractivity contribution is 6.30. The molecule has 0 amide bonds. The minimum Gasteiger partial charge on any atom is -0.497 e. The first kappa shape index (κ1) is 16.0. The maximum Gasteiger partial charge on any atom is 0.128 e.